The molecule has 2 N–H and O–H groups in total. The molecule has 1 fully saturated rings. The van der Waals surface area contributed by atoms with Gasteiger partial charge in [-0.15, -0.1) is 0 Å². The Morgan fingerprint density at radius 3 is 2.62 bits per heavy atom. The Kier molecular flexibility index (Phi) is 6.77. The number of amides is 2. The van der Waals surface area contributed by atoms with E-state index in [1.165, 1.54) is 7.11 Å². The molecule has 9 nitrogen and oxygen atoms in total. The normalized spacial score (nSPS) is 16.5. The van der Waals surface area contributed by atoms with E-state index in [2.05, 4.69) is 10.2 Å². The van der Waals surface area contributed by atoms with E-state index in [0.717, 1.165) is 23.6 Å². The summed E-state index contributed by atoms with van der Waals surface area (Å²) in [6.07, 6.45) is 0. The molecule has 2 aromatic carbocycles. The SMILES string of the molecule is COc1cccc(C(=O)NC(CO)C(=O)N2CCN(Cc3ccc4c(c3)OCO4)CC2)c1. The van der Waals surface area contributed by atoms with Gasteiger partial charge >= 0.3 is 0 Å². The van der Waals surface area contributed by atoms with Crippen molar-refractivity contribution in [3.05, 3.63) is 53.6 Å². The highest BCUT2D eigenvalue weighted by molar-refractivity contribution is 5.97. The number of hydrogen-bond acceptors (Lipinski definition) is 7. The first-order valence-electron chi connectivity index (χ1n) is 10.5. The van der Waals surface area contributed by atoms with Crippen LogP contribution in [0.25, 0.3) is 0 Å². The van der Waals surface area contributed by atoms with Crippen molar-refractivity contribution >= 4 is 11.8 Å². The number of ether oxygens (including phenoxy) is 3. The molecule has 2 aliphatic heterocycles. The second-order valence-corrected chi connectivity index (χ2v) is 7.73. The minimum Gasteiger partial charge on any atom is -0.497 e. The van der Waals surface area contributed by atoms with Crippen LogP contribution in [0.15, 0.2) is 42.5 Å². The van der Waals surface area contributed by atoms with Crippen LogP contribution in [0, 0.1) is 0 Å². The molecule has 1 saturated heterocycles. The average molecular weight is 441 g/mol. The fourth-order valence-corrected chi connectivity index (χ4v) is 3.84. The summed E-state index contributed by atoms with van der Waals surface area (Å²) in [5, 5.41) is 12.4. The maximum Gasteiger partial charge on any atom is 0.252 e. The average Bonchev–Trinajstić information content (AvgIpc) is 3.30. The third kappa shape index (κ3) is 4.95. The first kappa shape index (κ1) is 21.9. The molecule has 0 radical (unpaired) electrons. The first-order chi connectivity index (χ1) is 15.6. The summed E-state index contributed by atoms with van der Waals surface area (Å²) < 4.78 is 15.9. The van der Waals surface area contributed by atoms with Crippen LogP contribution < -0.4 is 19.5 Å². The Morgan fingerprint density at radius 1 is 1.09 bits per heavy atom. The van der Waals surface area contributed by atoms with E-state index < -0.39 is 18.6 Å². The zero-order valence-corrected chi connectivity index (χ0v) is 18.0. The van der Waals surface area contributed by atoms with Crippen molar-refractivity contribution in [3.8, 4) is 17.2 Å². The molecule has 2 aromatic rings. The standard InChI is InChI=1S/C23H27N3O6/c1-30-18-4-2-3-17(12-18)22(28)24-19(14-27)23(29)26-9-7-25(8-10-26)13-16-5-6-20-21(11-16)32-15-31-20/h2-6,11-12,19,27H,7-10,13-15H2,1H3,(H,24,28). The number of aliphatic hydroxyl groups is 1. The zero-order valence-electron chi connectivity index (χ0n) is 18.0. The van der Waals surface area contributed by atoms with E-state index >= 15 is 0 Å². The van der Waals surface area contributed by atoms with Gasteiger partial charge in [-0.2, -0.15) is 0 Å². The summed E-state index contributed by atoms with van der Waals surface area (Å²) in [7, 11) is 1.52. The molecule has 2 amide bonds. The Balaban J connectivity index is 1.30. The minimum atomic E-state index is -0.992. The second kappa shape index (κ2) is 9.88. The molecule has 32 heavy (non-hydrogen) atoms. The van der Waals surface area contributed by atoms with Crippen LogP contribution in [0.1, 0.15) is 15.9 Å². The molecular formula is C23H27N3O6. The quantitative estimate of drug-likeness (QED) is 0.657. The van der Waals surface area contributed by atoms with Crippen molar-refractivity contribution in [1.82, 2.24) is 15.1 Å². The van der Waals surface area contributed by atoms with Crippen LogP contribution in [0.2, 0.25) is 0 Å². The first-order valence-corrected chi connectivity index (χ1v) is 10.5. The molecule has 1 unspecified atom stereocenters. The molecule has 2 heterocycles. The zero-order chi connectivity index (χ0) is 22.5. The fourth-order valence-electron chi connectivity index (χ4n) is 3.84. The summed E-state index contributed by atoms with van der Waals surface area (Å²) in [6.45, 7) is 2.97. The lowest BCUT2D eigenvalue weighted by Crippen LogP contribution is -2.55. The highest BCUT2D eigenvalue weighted by atomic mass is 16.7. The molecule has 0 aliphatic carbocycles. The molecule has 4 rings (SSSR count). The van der Waals surface area contributed by atoms with Gasteiger partial charge in [0, 0.05) is 38.3 Å². The van der Waals surface area contributed by atoms with Gasteiger partial charge in [0.15, 0.2) is 11.5 Å². The number of hydrogen-bond donors (Lipinski definition) is 2. The van der Waals surface area contributed by atoms with E-state index in [1.807, 2.05) is 18.2 Å². The largest absolute Gasteiger partial charge is 0.497 e. The lowest BCUT2D eigenvalue weighted by molar-refractivity contribution is -0.136. The monoisotopic (exact) mass is 441 g/mol. The Morgan fingerprint density at radius 2 is 1.88 bits per heavy atom. The van der Waals surface area contributed by atoms with E-state index in [4.69, 9.17) is 14.2 Å². The number of carbonyl (C=O) groups excluding carboxylic acids is 2. The fraction of sp³-hybridized carbons (Fsp3) is 0.391. The summed E-state index contributed by atoms with van der Waals surface area (Å²) in [5.74, 6) is 1.34. The number of rotatable bonds is 7. The van der Waals surface area contributed by atoms with Gasteiger partial charge in [-0.05, 0) is 35.9 Å². The van der Waals surface area contributed by atoms with Crippen molar-refractivity contribution in [2.75, 3.05) is 46.7 Å². The highest BCUT2D eigenvalue weighted by Gasteiger charge is 2.28. The van der Waals surface area contributed by atoms with Crippen LogP contribution in [-0.4, -0.2) is 79.5 Å². The molecular weight excluding hydrogens is 414 g/mol. The lowest BCUT2D eigenvalue weighted by Gasteiger charge is -2.36. The highest BCUT2D eigenvalue weighted by Crippen LogP contribution is 2.32. The van der Waals surface area contributed by atoms with Crippen LogP contribution >= 0.6 is 0 Å². The smallest absolute Gasteiger partial charge is 0.252 e. The third-order valence-electron chi connectivity index (χ3n) is 5.65. The Hall–Kier alpha value is -3.30. The summed E-state index contributed by atoms with van der Waals surface area (Å²) in [4.78, 5) is 29.4. The predicted octanol–water partition coefficient (Wildman–Crippen LogP) is 0.859. The molecule has 0 aromatic heterocycles. The topological polar surface area (TPSA) is 101 Å². The van der Waals surface area contributed by atoms with Crippen molar-refractivity contribution in [2.45, 2.75) is 12.6 Å². The van der Waals surface area contributed by atoms with Crippen LogP contribution in [0.3, 0.4) is 0 Å². The molecule has 9 heteroatoms. The number of benzene rings is 2. The van der Waals surface area contributed by atoms with Crippen molar-refractivity contribution in [3.63, 3.8) is 0 Å². The Labute approximate surface area is 186 Å². The molecule has 170 valence electrons. The second-order valence-electron chi connectivity index (χ2n) is 7.73. The van der Waals surface area contributed by atoms with Crippen LogP contribution in [0.5, 0.6) is 17.2 Å². The lowest BCUT2D eigenvalue weighted by atomic mass is 10.1. The van der Waals surface area contributed by atoms with E-state index in [0.29, 0.717) is 37.5 Å². The maximum absolute atomic E-state index is 12.9. The number of piperazine rings is 1. The van der Waals surface area contributed by atoms with E-state index in [-0.39, 0.29) is 12.7 Å². The molecule has 2 aliphatic rings. The van der Waals surface area contributed by atoms with Crippen molar-refractivity contribution < 1.29 is 28.9 Å². The molecule has 1 atom stereocenters. The van der Waals surface area contributed by atoms with Gasteiger partial charge in [0.25, 0.3) is 5.91 Å². The summed E-state index contributed by atoms with van der Waals surface area (Å²) in [5.41, 5.74) is 1.48. The number of fused-ring (bicyclic) bond motifs is 1. The van der Waals surface area contributed by atoms with Gasteiger partial charge in [0.2, 0.25) is 12.7 Å². The number of methoxy groups -OCH3 is 1. The van der Waals surface area contributed by atoms with E-state index in [9.17, 15) is 14.7 Å². The van der Waals surface area contributed by atoms with Gasteiger partial charge in [0.05, 0.1) is 13.7 Å². The van der Waals surface area contributed by atoms with E-state index in [1.54, 1.807) is 29.2 Å². The van der Waals surface area contributed by atoms with Crippen LogP contribution in [0.4, 0.5) is 0 Å². The van der Waals surface area contributed by atoms with Crippen molar-refractivity contribution in [2.24, 2.45) is 0 Å². The van der Waals surface area contributed by atoms with Gasteiger partial charge in [-0.25, -0.2) is 0 Å². The van der Waals surface area contributed by atoms with Gasteiger partial charge in [-0.1, -0.05) is 12.1 Å². The number of aliphatic hydroxyl groups excluding tert-OH is 1. The maximum atomic E-state index is 12.9. The van der Waals surface area contributed by atoms with Crippen LogP contribution in [-0.2, 0) is 11.3 Å². The summed E-state index contributed by atoms with van der Waals surface area (Å²) in [6, 6.07) is 11.6. The van der Waals surface area contributed by atoms with Gasteiger partial charge in [-0.3, -0.25) is 14.5 Å². The Bertz CT molecular complexity index is 974. The van der Waals surface area contributed by atoms with Crippen molar-refractivity contribution in [1.29, 1.82) is 0 Å². The number of nitrogens with one attached hydrogen (secondary N) is 1. The molecule has 0 saturated carbocycles. The number of nitrogens with zero attached hydrogens (tertiary/aromatic N) is 2. The predicted molar refractivity (Wildman–Crippen MR) is 116 cm³/mol. The minimum absolute atomic E-state index is 0.250. The van der Waals surface area contributed by atoms with Gasteiger partial charge in [0.1, 0.15) is 11.8 Å². The summed E-state index contributed by atoms with van der Waals surface area (Å²) >= 11 is 0. The molecule has 0 bridgehead atoms. The molecule has 0 spiro atoms. The number of carbonyl (C=O) groups is 2. The van der Waals surface area contributed by atoms with Gasteiger partial charge < -0.3 is 29.5 Å². The third-order valence-corrected chi connectivity index (χ3v) is 5.65.